The van der Waals surface area contributed by atoms with Crippen molar-refractivity contribution in [2.45, 2.75) is 25.8 Å². The lowest BCUT2D eigenvalue weighted by molar-refractivity contribution is 0.0552. The molecule has 1 fully saturated rings. The van der Waals surface area contributed by atoms with E-state index in [0.717, 1.165) is 65.1 Å². The van der Waals surface area contributed by atoms with Crippen LogP contribution in [0.5, 0.6) is 0 Å². The number of pyridine rings is 1. The summed E-state index contributed by atoms with van der Waals surface area (Å²) >= 11 is 0. The Bertz CT molecular complexity index is 1590. The normalized spacial score (nSPS) is 15.5. The van der Waals surface area contributed by atoms with Crippen molar-refractivity contribution in [1.82, 2.24) is 39.6 Å². The first-order valence-electron chi connectivity index (χ1n) is 12.6. The predicted octanol–water partition coefficient (Wildman–Crippen LogP) is 3.40. The molecule has 1 unspecified atom stereocenters. The molecule has 1 aromatic carbocycles. The van der Waals surface area contributed by atoms with Crippen molar-refractivity contribution >= 4 is 28.0 Å². The number of ether oxygens (including phenoxy) is 1. The molecule has 10 heteroatoms. The van der Waals surface area contributed by atoms with Crippen molar-refractivity contribution in [1.29, 1.82) is 0 Å². The number of carbonyl (C=O) groups is 1. The van der Waals surface area contributed by atoms with E-state index in [9.17, 15) is 4.79 Å². The minimum Gasteiger partial charge on any atom is -0.381 e. The van der Waals surface area contributed by atoms with Gasteiger partial charge in [-0.25, -0.2) is 4.68 Å². The van der Waals surface area contributed by atoms with E-state index < -0.39 is 0 Å². The van der Waals surface area contributed by atoms with Crippen LogP contribution in [0.4, 0.5) is 0 Å². The number of aromatic nitrogens is 7. The van der Waals surface area contributed by atoms with Gasteiger partial charge in [-0.2, -0.15) is 5.10 Å². The zero-order valence-corrected chi connectivity index (χ0v) is 21.5. The number of fused-ring (bicyclic) bond motifs is 3. The maximum atomic E-state index is 13.1. The maximum Gasteiger partial charge on any atom is 0.273 e. The minimum atomic E-state index is -0.222. The van der Waals surface area contributed by atoms with Crippen molar-refractivity contribution in [3.8, 4) is 11.3 Å². The van der Waals surface area contributed by atoms with Gasteiger partial charge in [-0.1, -0.05) is 35.5 Å². The first-order chi connectivity index (χ1) is 18.0. The molecule has 10 nitrogen and oxygen atoms in total. The number of hydrogen-bond donors (Lipinski definition) is 1. The highest BCUT2D eigenvalue weighted by Gasteiger charge is 2.33. The smallest absolute Gasteiger partial charge is 0.273 e. The van der Waals surface area contributed by atoms with Crippen LogP contribution in [0.2, 0.25) is 0 Å². The van der Waals surface area contributed by atoms with E-state index >= 15 is 0 Å². The fourth-order valence-electron chi connectivity index (χ4n) is 5.81. The Balaban J connectivity index is 1.72. The molecule has 0 spiro atoms. The van der Waals surface area contributed by atoms with Crippen LogP contribution in [0, 0.1) is 12.8 Å². The van der Waals surface area contributed by atoms with Crippen LogP contribution in [0.15, 0.2) is 42.6 Å². The lowest BCUT2D eigenvalue weighted by Crippen LogP contribution is -2.27. The van der Waals surface area contributed by atoms with Gasteiger partial charge in [0.1, 0.15) is 16.6 Å². The lowest BCUT2D eigenvalue weighted by Gasteiger charge is -2.33. The van der Waals surface area contributed by atoms with Gasteiger partial charge >= 0.3 is 0 Å². The Morgan fingerprint density at radius 1 is 1.11 bits per heavy atom. The van der Waals surface area contributed by atoms with Crippen molar-refractivity contribution in [2.24, 2.45) is 20.0 Å². The third kappa shape index (κ3) is 3.71. The van der Waals surface area contributed by atoms with Gasteiger partial charge in [-0.05, 0) is 37.3 Å². The van der Waals surface area contributed by atoms with E-state index in [1.165, 1.54) is 5.56 Å². The summed E-state index contributed by atoms with van der Waals surface area (Å²) in [6.45, 7) is 3.38. The second-order valence-electron chi connectivity index (χ2n) is 9.66. The summed E-state index contributed by atoms with van der Waals surface area (Å²) in [6, 6.07) is 12.6. The number of aryl methyl sites for hydroxylation is 3. The molecule has 1 aliphatic rings. The minimum absolute atomic E-state index is 0.0273. The number of nitrogens with one attached hydrogen (secondary N) is 1. The van der Waals surface area contributed by atoms with Gasteiger partial charge in [0.15, 0.2) is 5.69 Å². The number of carbonyl (C=O) groups excluding carboxylic acids is 1. The van der Waals surface area contributed by atoms with Crippen molar-refractivity contribution in [3.05, 3.63) is 59.5 Å². The van der Waals surface area contributed by atoms with Gasteiger partial charge < -0.3 is 14.6 Å². The number of rotatable bonds is 5. The van der Waals surface area contributed by atoms with Crippen molar-refractivity contribution in [3.63, 3.8) is 0 Å². The summed E-state index contributed by atoms with van der Waals surface area (Å²) in [6.07, 6.45) is 3.71. The Kier molecular flexibility index (Phi) is 5.75. The highest BCUT2D eigenvalue weighted by Crippen LogP contribution is 2.42. The second kappa shape index (κ2) is 9.11. The number of benzene rings is 1. The summed E-state index contributed by atoms with van der Waals surface area (Å²) in [5, 5.41) is 15.9. The Labute approximate surface area is 214 Å². The molecule has 0 aliphatic carbocycles. The average molecular weight is 499 g/mol. The van der Waals surface area contributed by atoms with Gasteiger partial charge in [0.2, 0.25) is 0 Å². The first-order valence-corrected chi connectivity index (χ1v) is 12.6. The van der Waals surface area contributed by atoms with Crippen LogP contribution in [-0.4, -0.2) is 60.5 Å². The zero-order chi connectivity index (χ0) is 25.7. The van der Waals surface area contributed by atoms with E-state index in [1.54, 1.807) is 16.4 Å². The van der Waals surface area contributed by atoms with Crippen molar-refractivity contribution < 1.29 is 9.53 Å². The third-order valence-corrected chi connectivity index (χ3v) is 7.46. The van der Waals surface area contributed by atoms with Crippen LogP contribution in [0.1, 0.15) is 40.6 Å². The van der Waals surface area contributed by atoms with Gasteiger partial charge in [-0.15, -0.1) is 5.10 Å². The number of nitrogens with zero attached hydrogens (tertiary/aromatic N) is 7. The monoisotopic (exact) mass is 498 g/mol. The molecule has 6 rings (SSSR count). The van der Waals surface area contributed by atoms with Crippen molar-refractivity contribution in [2.75, 3.05) is 20.3 Å². The third-order valence-electron chi connectivity index (χ3n) is 7.46. The molecule has 0 radical (unpaired) electrons. The fraction of sp³-hybridized carbons (Fsp3) is 0.370. The molecule has 37 heavy (non-hydrogen) atoms. The van der Waals surface area contributed by atoms with Gasteiger partial charge in [0, 0.05) is 46.1 Å². The highest BCUT2D eigenvalue weighted by molar-refractivity contribution is 6.13. The molecule has 0 bridgehead atoms. The molecule has 1 aliphatic heterocycles. The molecular weight excluding hydrogens is 468 g/mol. The molecule has 4 aromatic heterocycles. The Morgan fingerprint density at radius 2 is 1.86 bits per heavy atom. The summed E-state index contributed by atoms with van der Waals surface area (Å²) in [5.74, 6) is 0.0943. The summed E-state index contributed by atoms with van der Waals surface area (Å²) in [7, 11) is 5.39. The SMILES string of the molecule is CNC(=O)c1nn(C)c2c3ncc(-c4c(C)nnn4C)cc3n(C(c3ccccc3)C3CCOCC3)c12. The second-order valence-corrected chi connectivity index (χ2v) is 9.66. The molecule has 1 amide bonds. The molecule has 1 saturated heterocycles. The molecule has 0 saturated carbocycles. The first kappa shape index (κ1) is 23.4. The summed E-state index contributed by atoms with van der Waals surface area (Å²) in [5.41, 5.74) is 7.65. The Morgan fingerprint density at radius 3 is 2.54 bits per heavy atom. The molecule has 5 aromatic rings. The van der Waals surface area contributed by atoms with Crippen LogP contribution < -0.4 is 5.32 Å². The van der Waals surface area contributed by atoms with E-state index in [4.69, 9.17) is 9.72 Å². The Hall–Kier alpha value is -4.05. The fourth-order valence-corrected chi connectivity index (χ4v) is 5.81. The molecule has 1 atom stereocenters. The van der Waals surface area contributed by atoms with E-state index in [0.29, 0.717) is 11.6 Å². The topological polar surface area (TPSA) is 105 Å². The standard InChI is InChI=1S/C27H30N8O2/c1-16-23(34(4)32-30-16)19-14-20-21(29-15-19)25-26(22(27(36)28-2)31-33(25)3)35(20)24(17-8-6-5-7-9-17)18-10-12-37-13-11-18/h5-9,14-15,18,24H,10-13H2,1-4H3,(H,28,36). The molecular formula is C27H30N8O2. The maximum absolute atomic E-state index is 13.1. The highest BCUT2D eigenvalue weighted by atomic mass is 16.5. The molecule has 5 heterocycles. The van der Waals surface area contributed by atoms with Gasteiger partial charge in [0.25, 0.3) is 5.91 Å². The molecule has 190 valence electrons. The number of hydrogen-bond acceptors (Lipinski definition) is 6. The van der Waals surface area contributed by atoms with E-state index in [1.807, 2.05) is 33.3 Å². The van der Waals surface area contributed by atoms with Gasteiger partial charge in [-0.3, -0.25) is 14.5 Å². The quantitative estimate of drug-likeness (QED) is 0.398. The van der Waals surface area contributed by atoms with Crippen LogP contribution >= 0.6 is 0 Å². The molecule has 1 N–H and O–H groups in total. The predicted molar refractivity (Wildman–Crippen MR) is 140 cm³/mol. The van der Waals surface area contributed by atoms with E-state index in [-0.39, 0.29) is 11.9 Å². The van der Waals surface area contributed by atoms with Crippen LogP contribution in [-0.2, 0) is 18.8 Å². The zero-order valence-electron chi connectivity index (χ0n) is 21.5. The lowest BCUT2D eigenvalue weighted by atomic mass is 9.86. The van der Waals surface area contributed by atoms with E-state index in [2.05, 4.69) is 55.6 Å². The van der Waals surface area contributed by atoms with Crippen LogP contribution in [0.3, 0.4) is 0 Å². The van der Waals surface area contributed by atoms with Crippen LogP contribution in [0.25, 0.3) is 33.3 Å². The van der Waals surface area contributed by atoms with Gasteiger partial charge in [0.05, 0.1) is 22.9 Å². The summed E-state index contributed by atoms with van der Waals surface area (Å²) < 4.78 is 11.6. The number of amides is 1. The summed E-state index contributed by atoms with van der Waals surface area (Å²) in [4.78, 5) is 18.0. The largest absolute Gasteiger partial charge is 0.381 e. The average Bonchev–Trinajstić information content (AvgIpc) is 3.56.